The van der Waals surface area contributed by atoms with Gasteiger partial charge < -0.3 is 4.18 Å². The predicted molar refractivity (Wildman–Crippen MR) is 67.4 cm³/mol. The van der Waals surface area contributed by atoms with Crippen LogP contribution in [0.2, 0.25) is 0 Å². The Morgan fingerprint density at radius 3 is 2.43 bits per heavy atom. The van der Waals surface area contributed by atoms with Crippen LogP contribution in [0.5, 0.6) is 5.88 Å². The fourth-order valence-corrected chi connectivity index (χ4v) is 1.99. The van der Waals surface area contributed by atoms with Crippen LogP contribution >= 0.6 is 0 Å². The van der Waals surface area contributed by atoms with Gasteiger partial charge in [0.15, 0.2) is 5.78 Å². The fourth-order valence-electron chi connectivity index (χ4n) is 1.56. The number of carbonyl (C=O) groups is 1. The molecule has 0 radical (unpaired) electrons. The Morgan fingerprint density at radius 2 is 1.86 bits per heavy atom. The molecule has 0 saturated carbocycles. The third-order valence-corrected chi connectivity index (χ3v) is 3.48. The van der Waals surface area contributed by atoms with Gasteiger partial charge in [-0.05, 0) is 17.5 Å². The van der Waals surface area contributed by atoms with Crippen LogP contribution in [0.1, 0.15) is 17.4 Å². The van der Waals surface area contributed by atoms with Gasteiger partial charge in [0.2, 0.25) is 5.88 Å². The lowest BCUT2D eigenvalue weighted by Crippen LogP contribution is -2.28. The molecule has 0 atom stereocenters. The summed E-state index contributed by atoms with van der Waals surface area (Å²) in [5.41, 5.74) is -5.77. The van der Waals surface area contributed by atoms with E-state index < -0.39 is 27.3 Å². The van der Waals surface area contributed by atoms with Gasteiger partial charge in [0, 0.05) is 12.3 Å². The molecule has 21 heavy (non-hydrogen) atoms. The van der Waals surface area contributed by atoms with Crippen molar-refractivity contribution in [3.05, 3.63) is 36.0 Å². The van der Waals surface area contributed by atoms with E-state index in [0.29, 0.717) is 5.39 Å². The van der Waals surface area contributed by atoms with Crippen molar-refractivity contribution in [2.75, 3.05) is 0 Å². The van der Waals surface area contributed by atoms with Crippen LogP contribution in [-0.4, -0.2) is 24.7 Å². The summed E-state index contributed by atoms with van der Waals surface area (Å²) in [6, 6.07) is 7.23. The molecule has 0 unspecified atom stereocenters. The molecule has 112 valence electrons. The first-order chi connectivity index (χ1) is 9.62. The molecule has 0 amide bonds. The van der Waals surface area contributed by atoms with Crippen molar-refractivity contribution in [3.63, 3.8) is 0 Å². The minimum atomic E-state index is -5.86. The average Bonchev–Trinajstić information content (AvgIpc) is 2.36. The maximum Gasteiger partial charge on any atom is 0.534 e. The number of ketones is 1. The number of rotatable bonds is 3. The number of carbonyl (C=O) groups excluding carboxylic acids is 1. The molecular weight excluding hydrogens is 311 g/mol. The molecule has 0 N–H and O–H groups in total. The second-order valence-corrected chi connectivity index (χ2v) is 5.61. The Labute approximate surface area is 117 Å². The minimum Gasteiger partial charge on any atom is -0.355 e. The Morgan fingerprint density at radius 1 is 1.24 bits per heavy atom. The Bertz CT molecular complexity index is 815. The number of aromatic nitrogens is 1. The quantitative estimate of drug-likeness (QED) is 0.494. The second-order valence-electron chi connectivity index (χ2n) is 4.07. The van der Waals surface area contributed by atoms with Gasteiger partial charge in [-0.3, -0.25) is 4.79 Å². The fraction of sp³-hybridized carbons (Fsp3) is 0.167. The molecule has 0 fully saturated rings. The zero-order valence-corrected chi connectivity index (χ0v) is 11.3. The van der Waals surface area contributed by atoms with Crippen LogP contribution in [0.25, 0.3) is 10.8 Å². The van der Waals surface area contributed by atoms with Gasteiger partial charge in [-0.1, -0.05) is 18.2 Å². The van der Waals surface area contributed by atoms with Gasteiger partial charge in [0.05, 0.1) is 0 Å². The monoisotopic (exact) mass is 319 g/mol. The molecule has 1 aromatic heterocycles. The SMILES string of the molecule is CC(=O)c1cc2ccccc2c(OS(=O)(=O)C(F)(F)F)n1. The summed E-state index contributed by atoms with van der Waals surface area (Å²) < 4.78 is 63.3. The summed E-state index contributed by atoms with van der Waals surface area (Å²) >= 11 is 0. The van der Waals surface area contributed by atoms with Crippen molar-refractivity contribution in [1.82, 2.24) is 4.98 Å². The van der Waals surface area contributed by atoms with E-state index >= 15 is 0 Å². The summed E-state index contributed by atoms with van der Waals surface area (Å²) in [5, 5.41) is 0.389. The van der Waals surface area contributed by atoms with Gasteiger partial charge >= 0.3 is 15.6 Å². The summed E-state index contributed by atoms with van der Waals surface area (Å²) in [6.07, 6.45) is 0. The van der Waals surface area contributed by atoms with Crippen molar-refractivity contribution < 1.29 is 30.6 Å². The maximum atomic E-state index is 12.4. The standard InChI is InChI=1S/C12H8F3NO4S/c1-7(17)10-6-8-4-2-3-5-9(8)11(16-10)20-21(18,19)12(13,14)15/h2-6H,1H3. The average molecular weight is 319 g/mol. The van der Waals surface area contributed by atoms with Crippen molar-refractivity contribution in [2.24, 2.45) is 0 Å². The van der Waals surface area contributed by atoms with Crippen LogP contribution in [0, 0.1) is 0 Å². The highest BCUT2D eigenvalue weighted by atomic mass is 32.2. The number of hydrogen-bond donors (Lipinski definition) is 0. The van der Waals surface area contributed by atoms with E-state index in [1.54, 1.807) is 6.07 Å². The van der Waals surface area contributed by atoms with Gasteiger partial charge in [-0.15, -0.1) is 0 Å². The second kappa shape index (κ2) is 4.99. The molecule has 0 aliphatic rings. The third-order valence-electron chi connectivity index (χ3n) is 2.54. The number of hydrogen-bond acceptors (Lipinski definition) is 5. The maximum absolute atomic E-state index is 12.4. The number of fused-ring (bicyclic) bond motifs is 1. The number of alkyl halides is 3. The Balaban J connectivity index is 2.65. The van der Waals surface area contributed by atoms with Crippen LogP contribution in [0.3, 0.4) is 0 Å². The van der Waals surface area contributed by atoms with E-state index in [2.05, 4.69) is 9.17 Å². The van der Waals surface area contributed by atoms with Gasteiger partial charge in [-0.2, -0.15) is 21.6 Å². The molecule has 0 spiro atoms. The lowest BCUT2D eigenvalue weighted by Gasteiger charge is -2.11. The van der Waals surface area contributed by atoms with Gasteiger partial charge in [-0.25, -0.2) is 4.98 Å². The van der Waals surface area contributed by atoms with Gasteiger partial charge in [0.25, 0.3) is 0 Å². The van der Waals surface area contributed by atoms with E-state index in [4.69, 9.17) is 0 Å². The van der Waals surface area contributed by atoms with Crippen LogP contribution in [0.4, 0.5) is 13.2 Å². The third kappa shape index (κ3) is 2.97. The first-order valence-corrected chi connectivity index (χ1v) is 6.94. The molecule has 2 aromatic rings. The zero-order chi connectivity index (χ0) is 15.8. The highest BCUT2D eigenvalue weighted by molar-refractivity contribution is 7.88. The summed E-state index contributed by atoms with van der Waals surface area (Å²) in [5.74, 6) is -1.31. The molecule has 2 rings (SSSR count). The van der Waals surface area contributed by atoms with Crippen molar-refractivity contribution in [3.8, 4) is 5.88 Å². The molecule has 0 aliphatic heterocycles. The topological polar surface area (TPSA) is 73.3 Å². The van der Waals surface area contributed by atoms with E-state index in [0.717, 1.165) is 6.92 Å². The Kier molecular flexibility index (Phi) is 3.62. The van der Waals surface area contributed by atoms with Crippen molar-refractivity contribution >= 4 is 26.7 Å². The Hall–Kier alpha value is -2.16. The molecule has 5 nitrogen and oxygen atoms in total. The number of Topliss-reactive ketones (excluding diaryl/α,β-unsaturated/α-hetero) is 1. The van der Waals surface area contributed by atoms with E-state index in [1.165, 1.54) is 24.3 Å². The molecule has 0 bridgehead atoms. The summed E-state index contributed by atoms with van der Waals surface area (Å²) in [6.45, 7) is 1.15. The highest BCUT2D eigenvalue weighted by Gasteiger charge is 2.49. The molecule has 9 heteroatoms. The van der Waals surface area contributed by atoms with E-state index in [-0.39, 0.29) is 11.1 Å². The first-order valence-electron chi connectivity index (χ1n) is 5.53. The predicted octanol–water partition coefficient (Wildman–Crippen LogP) is 2.67. The highest BCUT2D eigenvalue weighted by Crippen LogP contribution is 2.30. The number of halogens is 3. The number of pyridine rings is 1. The molecule has 1 aromatic carbocycles. The molecule has 0 saturated heterocycles. The van der Waals surface area contributed by atoms with Crippen molar-refractivity contribution in [1.29, 1.82) is 0 Å². The van der Waals surface area contributed by atoms with E-state index in [9.17, 15) is 26.4 Å². The summed E-state index contributed by atoms with van der Waals surface area (Å²) in [4.78, 5) is 14.9. The van der Waals surface area contributed by atoms with Crippen LogP contribution in [-0.2, 0) is 10.1 Å². The molecular formula is C12H8F3NO4S. The normalized spacial score (nSPS) is 12.4. The minimum absolute atomic E-state index is 0.0512. The van der Waals surface area contributed by atoms with Crippen LogP contribution in [0.15, 0.2) is 30.3 Å². The largest absolute Gasteiger partial charge is 0.534 e. The number of nitrogens with zero attached hydrogens (tertiary/aromatic N) is 1. The van der Waals surface area contributed by atoms with Crippen molar-refractivity contribution in [2.45, 2.75) is 12.4 Å². The first kappa shape index (κ1) is 15.2. The molecule has 0 aliphatic carbocycles. The number of benzene rings is 1. The molecule has 1 heterocycles. The lowest BCUT2D eigenvalue weighted by molar-refractivity contribution is -0.0500. The smallest absolute Gasteiger partial charge is 0.355 e. The van der Waals surface area contributed by atoms with Crippen LogP contribution < -0.4 is 4.18 Å². The van der Waals surface area contributed by atoms with E-state index in [1.807, 2.05) is 0 Å². The zero-order valence-electron chi connectivity index (χ0n) is 10.5. The van der Waals surface area contributed by atoms with Gasteiger partial charge in [0.1, 0.15) is 5.69 Å². The lowest BCUT2D eigenvalue weighted by atomic mass is 10.1. The summed E-state index contributed by atoms with van der Waals surface area (Å²) in [7, 11) is -5.86.